The van der Waals surface area contributed by atoms with Crippen molar-refractivity contribution in [3.05, 3.63) is 57.5 Å². The van der Waals surface area contributed by atoms with Crippen LogP contribution in [0.1, 0.15) is 64.0 Å². The number of likely N-dealkylation sites (N-methyl/N-ethyl adjacent to an activating group) is 1. The number of aryl methyl sites for hydroxylation is 2. The van der Waals surface area contributed by atoms with Crippen molar-refractivity contribution in [1.82, 2.24) is 19.4 Å². The number of aromatic nitrogens is 3. The summed E-state index contributed by atoms with van der Waals surface area (Å²) in [6.07, 6.45) is 5.68. The molecule has 0 unspecified atom stereocenters. The van der Waals surface area contributed by atoms with E-state index in [1.165, 1.54) is 23.3 Å². The van der Waals surface area contributed by atoms with E-state index in [0.29, 0.717) is 10.8 Å². The van der Waals surface area contributed by atoms with Crippen molar-refractivity contribution in [3.8, 4) is 21.8 Å². The number of amides is 1. The maximum atomic E-state index is 13.1. The van der Waals surface area contributed by atoms with Crippen molar-refractivity contribution < 1.29 is 14.7 Å². The lowest BCUT2D eigenvalue weighted by Gasteiger charge is -2.24. The summed E-state index contributed by atoms with van der Waals surface area (Å²) in [6, 6.07) is 12.2. The Morgan fingerprint density at radius 1 is 1.02 bits per heavy atom. The molecule has 0 spiro atoms. The van der Waals surface area contributed by atoms with Crippen LogP contribution < -0.4 is 0 Å². The van der Waals surface area contributed by atoms with E-state index in [1.54, 1.807) is 36.4 Å². The van der Waals surface area contributed by atoms with E-state index >= 15 is 0 Å². The van der Waals surface area contributed by atoms with Gasteiger partial charge < -0.3 is 14.6 Å². The largest absolute Gasteiger partial charge is 0.477 e. The molecule has 1 amide bonds. The Bertz CT molecular complexity index is 1770. The van der Waals surface area contributed by atoms with E-state index in [0.717, 1.165) is 79.3 Å². The number of carbonyl (C=O) groups is 2. The summed E-state index contributed by atoms with van der Waals surface area (Å²) in [5.41, 5.74) is 6.90. The van der Waals surface area contributed by atoms with Gasteiger partial charge in [0, 0.05) is 19.5 Å². The van der Waals surface area contributed by atoms with Crippen molar-refractivity contribution in [1.29, 1.82) is 0 Å². The van der Waals surface area contributed by atoms with E-state index in [-0.39, 0.29) is 12.5 Å². The second-order valence-electron chi connectivity index (χ2n) is 10.9. The Balaban J connectivity index is 1.55. The first-order chi connectivity index (χ1) is 19.2. The van der Waals surface area contributed by atoms with Gasteiger partial charge in [-0.3, -0.25) is 4.79 Å². The Morgan fingerprint density at radius 3 is 2.48 bits per heavy atom. The summed E-state index contributed by atoms with van der Waals surface area (Å²) in [5, 5.41) is 11.9. The highest BCUT2D eigenvalue weighted by molar-refractivity contribution is 7.21. The standard InChI is InChI=1S/C31H32N4O3S2/c1-17-29(39-18(2)32-17)23-13-10-20-14-21(11-12-22(20)33-23)28-27(19-8-6-5-7-9-19)30-24(15-25(40-30)31(37)38)35(28)16-26(36)34(3)4/h10-15,19H,5-9,16H2,1-4H3,(H,37,38). The van der Waals surface area contributed by atoms with E-state index < -0.39 is 5.97 Å². The summed E-state index contributed by atoms with van der Waals surface area (Å²) in [5.74, 6) is -0.628. The third-order valence-electron chi connectivity index (χ3n) is 7.89. The molecule has 0 bridgehead atoms. The lowest BCUT2D eigenvalue weighted by atomic mass is 9.83. The summed E-state index contributed by atoms with van der Waals surface area (Å²) in [7, 11) is 3.51. The summed E-state index contributed by atoms with van der Waals surface area (Å²) in [4.78, 5) is 37.5. The van der Waals surface area contributed by atoms with Crippen LogP contribution in [0.15, 0.2) is 36.4 Å². The Kier molecular flexibility index (Phi) is 6.96. The van der Waals surface area contributed by atoms with Crippen LogP contribution in [0.4, 0.5) is 0 Å². The Labute approximate surface area is 241 Å². The van der Waals surface area contributed by atoms with Gasteiger partial charge in [0.2, 0.25) is 5.91 Å². The molecule has 0 saturated heterocycles. The third-order valence-corrected chi connectivity index (χ3v) is 10.1. The van der Waals surface area contributed by atoms with Crippen LogP contribution in [0.25, 0.3) is 42.9 Å². The number of benzene rings is 1. The number of rotatable bonds is 6. The van der Waals surface area contributed by atoms with Crippen LogP contribution in [-0.2, 0) is 11.3 Å². The van der Waals surface area contributed by atoms with Gasteiger partial charge in [-0.1, -0.05) is 31.4 Å². The molecule has 7 nitrogen and oxygen atoms in total. The number of carbonyl (C=O) groups excluding carboxylic acids is 1. The van der Waals surface area contributed by atoms with Crippen molar-refractivity contribution in [2.24, 2.45) is 0 Å². The number of nitrogens with zero attached hydrogens (tertiary/aromatic N) is 4. The molecule has 40 heavy (non-hydrogen) atoms. The van der Waals surface area contributed by atoms with Gasteiger partial charge in [-0.15, -0.1) is 22.7 Å². The quantitative estimate of drug-likeness (QED) is 0.228. The highest BCUT2D eigenvalue weighted by atomic mass is 32.1. The first-order valence-corrected chi connectivity index (χ1v) is 15.3. The smallest absolute Gasteiger partial charge is 0.345 e. The van der Waals surface area contributed by atoms with Gasteiger partial charge >= 0.3 is 5.97 Å². The minimum atomic E-state index is -0.929. The zero-order chi connectivity index (χ0) is 28.1. The maximum Gasteiger partial charge on any atom is 0.345 e. The second-order valence-corrected chi connectivity index (χ2v) is 13.1. The Hall–Kier alpha value is -3.56. The van der Waals surface area contributed by atoms with Gasteiger partial charge in [-0.05, 0) is 68.0 Å². The predicted molar refractivity (Wildman–Crippen MR) is 163 cm³/mol. The molecule has 6 rings (SSSR count). The van der Waals surface area contributed by atoms with Crippen LogP contribution >= 0.6 is 22.7 Å². The molecule has 4 aromatic heterocycles. The number of pyridine rings is 1. The highest BCUT2D eigenvalue weighted by Gasteiger charge is 2.30. The molecular formula is C31H32N4O3S2. The van der Waals surface area contributed by atoms with Gasteiger partial charge in [-0.25, -0.2) is 14.8 Å². The van der Waals surface area contributed by atoms with E-state index in [2.05, 4.69) is 39.9 Å². The van der Waals surface area contributed by atoms with Crippen molar-refractivity contribution >= 4 is 55.7 Å². The summed E-state index contributed by atoms with van der Waals surface area (Å²) in [6.45, 7) is 4.19. The van der Waals surface area contributed by atoms with Crippen LogP contribution in [-0.4, -0.2) is 50.5 Å². The second kappa shape index (κ2) is 10.4. The topological polar surface area (TPSA) is 88.3 Å². The number of carboxylic acids is 1. The number of carboxylic acid groups (broad SMARTS) is 1. The molecule has 0 atom stereocenters. The van der Waals surface area contributed by atoms with Gasteiger partial charge in [0.05, 0.1) is 42.7 Å². The van der Waals surface area contributed by atoms with E-state index in [9.17, 15) is 14.7 Å². The van der Waals surface area contributed by atoms with Crippen molar-refractivity contribution in [3.63, 3.8) is 0 Å². The van der Waals surface area contributed by atoms with Crippen LogP contribution in [0, 0.1) is 13.8 Å². The number of thiophene rings is 1. The molecule has 1 aliphatic carbocycles. The molecular weight excluding hydrogens is 541 g/mol. The minimum absolute atomic E-state index is 0.0289. The van der Waals surface area contributed by atoms with Crippen LogP contribution in [0.5, 0.6) is 0 Å². The molecule has 9 heteroatoms. The zero-order valence-electron chi connectivity index (χ0n) is 23.2. The number of hydrogen-bond donors (Lipinski definition) is 1. The van der Waals surface area contributed by atoms with Crippen molar-refractivity contribution in [2.45, 2.75) is 58.4 Å². The normalized spacial score (nSPS) is 14.3. The minimum Gasteiger partial charge on any atom is -0.477 e. The van der Waals surface area contributed by atoms with Gasteiger partial charge in [0.15, 0.2) is 0 Å². The van der Waals surface area contributed by atoms with Crippen molar-refractivity contribution in [2.75, 3.05) is 14.1 Å². The average Bonchev–Trinajstić information content (AvgIpc) is 3.60. The van der Waals surface area contributed by atoms with E-state index in [4.69, 9.17) is 4.98 Å². The average molecular weight is 573 g/mol. The number of fused-ring (bicyclic) bond motifs is 2. The number of aromatic carboxylic acids is 1. The molecule has 1 aliphatic rings. The molecule has 5 aromatic rings. The molecule has 0 aliphatic heterocycles. The molecule has 1 N–H and O–H groups in total. The SMILES string of the molecule is Cc1nc(C)c(-c2ccc3cc(-c4c(C5CCCCC5)c5sc(C(=O)O)cc5n4CC(=O)N(C)C)ccc3n2)s1. The fraction of sp³-hybridized carbons (Fsp3) is 0.355. The Morgan fingerprint density at radius 2 is 1.80 bits per heavy atom. The molecule has 1 saturated carbocycles. The summed E-state index contributed by atoms with van der Waals surface area (Å²) < 4.78 is 3.05. The van der Waals surface area contributed by atoms with E-state index in [1.807, 2.05) is 13.8 Å². The third kappa shape index (κ3) is 4.71. The van der Waals surface area contributed by atoms with Crippen LogP contribution in [0.2, 0.25) is 0 Å². The molecule has 4 heterocycles. The molecule has 1 fully saturated rings. The molecule has 0 radical (unpaired) electrons. The predicted octanol–water partition coefficient (Wildman–Crippen LogP) is 7.49. The lowest BCUT2D eigenvalue weighted by Crippen LogP contribution is -2.26. The lowest BCUT2D eigenvalue weighted by molar-refractivity contribution is -0.129. The molecule has 206 valence electrons. The first kappa shape index (κ1) is 26.7. The number of thiazole rings is 1. The first-order valence-electron chi connectivity index (χ1n) is 13.7. The molecule has 1 aromatic carbocycles. The maximum absolute atomic E-state index is 13.1. The van der Waals surface area contributed by atoms with Gasteiger partial charge in [0.1, 0.15) is 11.4 Å². The number of hydrogen-bond acceptors (Lipinski definition) is 6. The fourth-order valence-electron chi connectivity index (χ4n) is 5.94. The van der Waals surface area contributed by atoms with Crippen LogP contribution in [0.3, 0.4) is 0 Å². The summed E-state index contributed by atoms with van der Waals surface area (Å²) >= 11 is 2.99. The monoisotopic (exact) mass is 572 g/mol. The highest BCUT2D eigenvalue weighted by Crippen LogP contribution is 2.47. The fourth-order valence-corrected chi connectivity index (χ4v) is 7.96. The zero-order valence-corrected chi connectivity index (χ0v) is 24.8. The van der Waals surface area contributed by atoms with Gasteiger partial charge in [0.25, 0.3) is 0 Å². The van der Waals surface area contributed by atoms with Gasteiger partial charge in [-0.2, -0.15) is 0 Å².